The molecule has 0 aromatic heterocycles. The smallest absolute Gasteiger partial charge is 0.260 e. The lowest BCUT2D eigenvalue weighted by Crippen LogP contribution is -2.38. The number of ether oxygens (including phenoxy) is 1. The minimum atomic E-state index is -3.29. The van der Waals surface area contributed by atoms with Gasteiger partial charge in [0, 0.05) is 13.6 Å². The van der Waals surface area contributed by atoms with E-state index in [1.165, 1.54) is 11.4 Å². The van der Waals surface area contributed by atoms with Gasteiger partial charge in [-0.05, 0) is 37.1 Å². The van der Waals surface area contributed by atoms with E-state index in [4.69, 9.17) is 4.74 Å². The van der Waals surface area contributed by atoms with E-state index in [1.807, 2.05) is 13.8 Å². The summed E-state index contributed by atoms with van der Waals surface area (Å²) in [5.74, 6) is 0.714. The predicted octanol–water partition coefficient (Wildman–Crippen LogP) is 1.62. The van der Waals surface area contributed by atoms with Crippen LogP contribution in [0.15, 0.2) is 24.3 Å². The molecule has 1 N–H and O–H groups in total. The van der Waals surface area contributed by atoms with Gasteiger partial charge in [0.1, 0.15) is 5.75 Å². The number of hydrogen-bond donors (Lipinski definition) is 1. The second kappa shape index (κ2) is 7.49. The van der Waals surface area contributed by atoms with Crippen molar-refractivity contribution < 1.29 is 17.9 Å². The van der Waals surface area contributed by atoms with Crippen molar-refractivity contribution in [2.45, 2.75) is 26.9 Å². The van der Waals surface area contributed by atoms with Gasteiger partial charge in [-0.2, -0.15) is 0 Å². The molecule has 1 aromatic carbocycles. The predicted molar refractivity (Wildman–Crippen MR) is 87.6 cm³/mol. The number of carbonyl (C=O) groups excluding carboxylic acids is 1. The van der Waals surface area contributed by atoms with Crippen molar-refractivity contribution in [1.82, 2.24) is 5.32 Å². The minimum absolute atomic E-state index is 0.175. The summed E-state index contributed by atoms with van der Waals surface area (Å²) in [7, 11) is -1.81. The molecule has 0 aliphatic carbocycles. The third kappa shape index (κ3) is 5.55. The van der Waals surface area contributed by atoms with Crippen molar-refractivity contribution in [3.8, 4) is 5.75 Å². The molecule has 1 rings (SSSR count). The van der Waals surface area contributed by atoms with Gasteiger partial charge in [0.2, 0.25) is 10.0 Å². The minimum Gasteiger partial charge on any atom is -0.481 e. The lowest BCUT2D eigenvalue weighted by molar-refractivity contribution is -0.127. The highest BCUT2D eigenvalue weighted by atomic mass is 32.2. The fourth-order valence-corrected chi connectivity index (χ4v) is 2.14. The number of benzene rings is 1. The van der Waals surface area contributed by atoms with Crippen LogP contribution in [0, 0.1) is 5.92 Å². The molecule has 1 aromatic rings. The highest BCUT2D eigenvalue weighted by molar-refractivity contribution is 7.92. The van der Waals surface area contributed by atoms with Crippen molar-refractivity contribution in [2.24, 2.45) is 5.92 Å². The van der Waals surface area contributed by atoms with Crippen molar-refractivity contribution >= 4 is 21.6 Å². The van der Waals surface area contributed by atoms with Crippen LogP contribution in [0.4, 0.5) is 5.69 Å². The van der Waals surface area contributed by atoms with Crippen LogP contribution in [0.25, 0.3) is 0 Å². The number of nitrogens with one attached hydrogen (secondary N) is 1. The zero-order valence-electron chi connectivity index (χ0n) is 13.7. The van der Waals surface area contributed by atoms with Gasteiger partial charge >= 0.3 is 0 Å². The Bertz CT molecular complexity index is 596. The first kappa shape index (κ1) is 18.3. The fraction of sp³-hybridized carbons (Fsp3) is 0.533. The van der Waals surface area contributed by atoms with Crippen LogP contribution in [-0.2, 0) is 14.8 Å². The maximum atomic E-state index is 11.8. The van der Waals surface area contributed by atoms with E-state index in [-0.39, 0.29) is 5.91 Å². The SMILES string of the molecule is CC(C)CNC(=O)[C@H](C)Oc1ccc(N(C)S(C)(=O)=O)cc1. The molecule has 1 amide bonds. The van der Waals surface area contributed by atoms with Crippen molar-refractivity contribution in [3.63, 3.8) is 0 Å². The molecule has 0 bridgehead atoms. The van der Waals surface area contributed by atoms with Crippen molar-refractivity contribution in [2.75, 3.05) is 24.2 Å². The van der Waals surface area contributed by atoms with E-state index >= 15 is 0 Å². The van der Waals surface area contributed by atoms with Crippen LogP contribution in [0.3, 0.4) is 0 Å². The second-order valence-electron chi connectivity index (χ2n) is 5.62. The summed E-state index contributed by atoms with van der Waals surface area (Å²) < 4.78 is 29.6. The molecule has 0 heterocycles. The number of hydrogen-bond acceptors (Lipinski definition) is 4. The molecular formula is C15H24N2O4S. The first-order valence-electron chi connectivity index (χ1n) is 7.09. The maximum Gasteiger partial charge on any atom is 0.260 e. The molecule has 7 heteroatoms. The molecule has 6 nitrogen and oxygen atoms in total. The van der Waals surface area contributed by atoms with E-state index < -0.39 is 16.1 Å². The van der Waals surface area contributed by atoms with E-state index in [0.717, 1.165) is 6.26 Å². The lowest BCUT2D eigenvalue weighted by Gasteiger charge is -2.18. The average molecular weight is 328 g/mol. The van der Waals surface area contributed by atoms with Gasteiger partial charge in [0.05, 0.1) is 11.9 Å². The number of sulfonamides is 1. The normalized spacial score (nSPS) is 12.8. The Morgan fingerprint density at radius 1 is 1.23 bits per heavy atom. The van der Waals surface area contributed by atoms with E-state index in [9.17, 15) is 13.2 Å². The van der Waals surface area contributed by atoms with Gasteiger partial charge < -0.3 is 10.1 Å². The molecule has 0 aliphatic heterocycles. The number of anilines is 1. The van der Waals surface area contributed by atoms with Crippen LogP contribution < -0.4 is 14.4 Å². The third-order valence-electron chi connectivity index (χ3n) is 3.06. The summed E-state index contributed by atoms with van der Waals surface area (Å²) in [5.41, 5.74) is 0.534. The zero-order valence-corrected chi connectivity index (χ0v) is 14.5. The first-order valence-corrected chi connectivity index (χ1v) is 8.94. The zero-order chi connectivity index (χ0) is 16.9. The summed E-state index contributed by atoms with van der Waals surface area (Å²) in [6.45, 7) is 6.31. The number of nitrogens with zero attached hydrogens (tertiary/aromatic N) is 1. The van der Waals surface area contributed by atoms with Gasteiger partial charge in [-0.1, -0.05) is 13.8 Å². The van der Waals surface area contributed by atoms with E-state index in [2.05, 4.69) is 5.32 Å². The number of rotatable bonds is 7. The standard InChI is InChI=1S/C15H24N2O4S/c1-11(2)10-16-15(18)12(3)21-14-8-6-13(7-9-14)17(4)22(5,19)20/h6-9,11-12H,10H2,1-5H3,(H,16,18)/t12-/m0/s1. The fourth-order valence-electron chi connectivity index (χ4n) is 1.63. The first-order chi connectivity index (χ1) is 10.1. The quantitative estimate of drug-likeness (QED) is 0.825. The topological polar surface area (TPSA) is 75.7 Å². The largest absolute Gasteiger partial charge is 0.481 e. The van der Waals surface area contributed by atoms with Crippen LogP contribution in [-0.4, -0.2) is 40.3 Å². The molecule has 0 saturated heterocycles. The van der Waals surface area contributed by atoms with Crippen LogP contribution in [0.5, 0.6) is 5.75 Å². The molecule has 22 heavy (non-hydrogen) atoms. The number of amides is 1. The second-order valence-corrected chi connectivity index (χ2v) is 7.64. The van der Waals surface area contributed by atoms with Gasteiger partial charge in [0.15, 0.2) is 6.10 Å². The van der Waals surface area contributed by atoms with E-state index in [1.54, 1.807) is 31.2 Å². The Morgan fingerprint density at radius 2 is 1.77 bits per heavy atom. The average Bonchev–Trinajstić information content (AvgIpc) is 2.43. The summed E-state index contributed by atoms with van der Waals surface area (Å²) in [6, 6.07) is 6.55. The Morgan fingerprint density at radius 3 is 2.23 bits per heavy atom. The van der Waals surface area contributed by atoms with Crippen LogP contribution >= 0.6 is 0 Å². The van der Waals surface area contributed by atoms with Gasteiger partial charge in [-0.3, -0.25) is 9.10 Å². The molecule has 0 unspecified atom stereocenters. The summed E-state index contributed by atoms with van der Waals surface area (Å²) in [5, 5.41) is 2.80. The Balaban J connectivity index is 2.66. The third-order valence-corrected chi connectivity index (χ3v) is 4.27. The lowest BCUT2D eigenvalue weighted by atomic mass is 10.2. The maximum absolute atomic E-state index is 11.8. The summed E-state index contributed by atoms with van der Waals surface area (Å²) >= 11 is 0. The molecular weight excluding hydrogens is 304 g/mol. The van der Waals surface area contributed by atoms with Gasteiger partial charge in [-0.15, -0.1) is 0 Å². The molecule has 0 spiro atoms. The Kier molecular flexibility index (Phi) is 6.22. The van der Waals surface area contributed by atoms with Crippen molar-refractivity contribution in [1.29, 1.82) is 0 Å². The Hall–Kier alpha value is -1.76. The van der Waals surface area contributed by atoms with Crippen LogP contribution in [0.2, 0.25) is 0 Å². The number of carbonyl (C=O) groups is 1. The van der Waals surface area contributed by atoms with Crippen molar-refractivity contribution in [3.05, 3.63) is 24.3 Å². The molecule has 124 valence electrons. The molecule has 0 saturated carbocycles. The molecule has 0 radical (unpaired) electrons. The summed E-state index contributed by atoms with van der Waals surface area (Å²) in [6.07, 6.45) is 0.524. The van der Waals surface area contributed by atoms with Gasteiger partial charge in [0.25, 0.3) is 5.91 Å². The van der Waals surface area contributed by atoms with E-state index in [0.29, 0.717) is 23.9 Å². The van der Waals surface area contributed by atoms with Gasteiger partial charge in [-0.25, -0.2) is 8.42 Å². The highest BCUT2D eigenvalue weighted by Gasteiger charge is 2.15. The highest BCUT2D eigenvalue weighted by Crippen LogP contribution is 2.21. The monoisotopic (exact) mass is 328 g/mol. The summed E-state index contributed by atoms with van der Waals surface area (Å²) in [4.78, 5) is 11.8. The molecule has 0 aliphatic rings. The van der Waals surface area contributed by atoms with Crippen LogP contribution in [0.1, 0.15) is 20.8 Å². The molecule has 0 fully saturated rings. The molecule has 1 atom stereocenters. The Labute approximate surface area is 132 Å².